The van der Waals surface area contributed by atoms with Crippen molar-refractivity contribution in [2.24, 2.45) is 0 Å². The summed E-state index contributed by atoms with van der Waals surface area (Å²) in [4.78, 5) is 15.4. The standard InChI is InChI=1S/C10H12N4O4/c15-6-1-4(8(16)9(6)17)14-3-11-7-5(14)2-12-13-10(7)18/h2-4,6,8-9,15-17H,1H2,(H,13,18). The summed E-state index contributed by atoms with van der Waals surface area (Å²) in [5.74, 6) is 0. The molecule has 4 unspecified atom stereocenters. The number of nitrogens with one attached hydrogen (secondary N) is 1. The lowest BCUT2D eigenvalue weighted by molar-refractivity contribution is -0.0244. The number of H-pyrrole nitrogens is 1. The summed E-state index contributed by atoms with van der Waals surface area (Å²) < 4.78 is 1.56. The van der Waals surface area contributed by atoms with Crippen molar-refractivity contribution in [3.63, 3.8) is 0 Å². The molecule has 1 saturated carbocycles. The van der Waals surface area contributed by atoms with E-state index in [0.717, 1.165) is 0 Å². The molecule has 0 aliphatic heterocycles. The summed E-state index contributed by atoms with van der Waals surface area (Å²) in [5, 5.41) is 34.9. The molecule has 0 aromatic carbocycles. The first-order valence-electron chi connectivity index (χ1n) is 5.54. The Hall–Kier alpha value is -1.77. The Morgan fingerprint density at radius 3 is 2.78 bits per heavy atom. The van der Waals surface area contributed by atoms with Crippen LogP contribution >= 0.6 is 0 Å². The van der Waals surface area contributed by atoms with Crippen molar-refractivity contribution in [1.29, 1.82) is 0 Å². The van der Waals surface area contributed by atoms with E-state index in [1.165, 1.54) is 12.5 Å². The average Bonchev–Trinajstić information content (AvgIpc) is 2.88. The summed E-state index contributed by atoms with van der Waals surface area (Å²) in [6.07, 6.45) is -0.259. The van der Waals surface area contributed by atoms with Gasteiger partial charge in [-0.3, -0.25) is 4.79 Å². The third kappa shape index (κ3) is 1.47. The number of aliphatic hydroxyl groups excluding tert-OH is 3. The van der Waals surface area contributed by atoms with Gasteiger partial charge in [-0.15, -0.1) is 0 Å². The van der Waals surface area contributed by atoms with Gasteiger partial charge in [-0.2, -0.15) is 5.10 Å². The fourth-order valence-electron chi connectivity index (χ4n) is 2.40. The van der Waals surface area contributed by atoms with E-state index in [0.29, 0.717) is 5.52 Å². The van der Waals surface area contributed by atoms with Crippen molar-refractivity contribution in [3.05, 3.63) is 22.9 Å². The molecule has 96 valence electrons. The van der Waals surface area contributed by atoms with Crippen LogP contribution in [-0.4, -0.2) is 53.4 Å². The SMILES string of the molecule is O=c1[nH]ncc2c1ncn2C1CC(O)C(O)C1O. The van der Waals surface area contributed by atoms with Gasteiger partial charge in [-0.1, -0.05) is 0 Å². The maximum Gasteiger partial charge on any atom is 0.292 e. The van der Waals surface area contributed by atoms with E-state index in [9.17, 15) is 20.1 Å². The summed E-state index contributed by atoms with van der Waals surface area (Å²) in [6, 6.07) is -0.524. The van der Waals surface area contributed by atoms with Gasteiger partial charge in [0.05, 0.1) is 30.2 Å². The van der Waals surface area contributed by atoms with Crippen LogP contribution in [-0.2, 0) is 0 Å². The van der Waals surface area contributed by atoms with E-state index in [4.69, 9.17) is 0 Å². The highest BCUT2D eigenvalue weighted by molar-refractivity contribution is 5.72. The molecule has 1 fully saturated rings. The van der Waals surface area contributed by atoms with Crippen LogP contribution < -0.4 is 5.56 Å². The number of rotatable bonds is 1. The summed E-state index contributed by atoms with van der Waals surface area (Å²) in [6.45, 7) is 0. The first-order chi connectivity index (χ1) is 8.59. The second kappa shape index (κ2) is 3.87. The second-order valence-corrected chi connectivity index (χ2v) is 4.44. The molecule has 3 rings (SSSR count). The van der Waals surface area contributed by atoms with Crippen molar-refractivity contribution in [2.75, 3.05) is 0 Å². The molecule has 2 aromatic rings. The van der Waals surface area contributed by atoms with Gasteiger partial charge in [0.15, 0.2) is 5.52 Å². The van der Waals surface area contributed by atoms with E-state index >= 15 is 0 Å². The highest BCUT2D eigenvalue weighted by Gasteiger charge is 2.42. The van der Waals surface area contributed by atoms with Crippen LogP contribution in [0.3, 0.4) is 0 Å². The maximum atomic E-state index is 11.5. The smallest absolute Gasteiger partial charge is 0.292 e. The van der Waals surface area contributed by atoms with Crippen LogP contribution in [0.2, 0.25) is 0 Å². The zero-order chi connectivity index (χ0) is 12.9. The fraction of sp³-hybridized carbons (Fsp3) is 0.500. The molecule has 2 aromatic heterocycles. The molecule has 18 heavy (non-hydrogen) atoms. The third-order valence-electron chi connectivity index (χ3n) is 3.38. The van der Waals surface area contributed by atoms with Gasteiger partial charge in [0, 0.05) is 0 Å². The van der Waals surface area contributed by atoms with E-state index in [2.05, 4.69) is 15.2 Å². The van der Waals surface area contributed by atoms with Crippen LogP contribution in [0.4, 0.5) is 0 Å². The minimum Gasteiger partial charge on any atom is -0.390 e. The lowest BCUT2D eigenvalue weighted by atomic mass is 10.2. The van der Waals surface area contributed by atoms with E-state index < -0.39 is 29.9 Å². The predicted molar refractivity (Wildman–Crippen MR) is 59.8 cm³/mol. The quantitative estimate of drug-likeness (QED) is 0.472. The minimum atomic E-state index is -1.19. The second-order valence-electron chi connectivity index (χ2n) is 4.44. The molecule has 8 nitrogen and oxygen atoms in total. The zero-order valence-electron chi connectivity index (χ0n) is 9.26. The average molecular weight is 252 g/mol. The summed E-state index contributed by atoms with van der Waals surface area (Å²) >= 11 is 0. The fourth-order valence-corrected chi connectivity index (χ4v) is 2.40. The van der Waals surface area contributed by atoms with Crippen molar-refractivity contribution in [2.45, 2.75) is 30.8 Å². The van der Waals surface area contributed by atoms with Gasteiger partial charge in [-0.05, 0) is 6.42 Å². The Bertz CT molecular complexity index is 636. The molecule has 2 heterocycles. The molecular formula is C10H12N4O4. The monoisotopic (exact) mass is 252 g/mol. The molecule has 0 amide bonds. The largest absolute Gasteiger partial charge is 0.390 e. The normalized spacial score (nSPS) is 32.2. The molecule has 1 aliphatic rings. The number of aromatic amines is 1. The van der Waals surface area contributed by atoms with Crippen LogP contribution in [0.15, 0.2) is 17.3 Å². The highest BCUT2D eigenvalue weighted by Crippen LogP contribution is 2.32. The number of hydrogen-bond donors (Lipinski definition) is 4. The Morgan fingerprint density at radius 1 is 1.33 bits per heavy atom. The third-order valence-corrected chi connectivity index (χ3v) is 3.38. The molecule has 0 saturated heterocycles. The molecule has 1 aliphatic carbocycles. The van der Waals surface area contributed by atoms with Crippen LogP contribution in [0, 0.1) is 0 Å². The molecule has 8 heteroatoms. The number of hydrogen-bond acceptors (Lipinski definition) is 6. The van der Waals surface area contributed by atoms with Crippen LogP contribution in [0.25, 0.3) is 11.0 Å². The maximum absolute atomic E-state index is 11.5. The first kappa shape index (κ1) is 11.3. The predicted octanol–water partition coefficient (Wildman–Crippen LogP) is -1.85. The number of aromatic nitrogens is 4. The van der Waals surface area contributed by atoms with Crippen molar-refractivity contribution < 1.29 is 15.3 Å². The number of imidazole rings is 1. The van der Waals surface area contributed by atoms with Gasteiger partial charge in [0.2, 0.25) is 0 Å². The molecule has 4 atom stereocenters. The topological polar surface area (TPSA) is 124 Å². The van der Waals surface area contributed by atoms with E-state index in [1.54, 1.807) is 4.57 Å². The Labute approximate surface area is 101 Å². The summed E-state index contributed by atoms with van der Waals surface area (Å²) in [5.41, 5.74) is 0.261. The highest BCUT2D eigenvalue weighted by atomic mass is 16.4. The van der Waals surface area contributed by atoms with Crippen molar-refractivity contribution >= 4 is 11.0 Å². The first-order valence-corrected chi connectivity index (χ1v) is 5.54. The van der Waals surface area contributed by atoms with Gasteiger partial charge in [-0.25, -0.2) is 10.1 Å². The van der Waals surface area contributed by atoms with Crippen molar-refractivity contribution in [1.82, 2.24) is 19.7 Å². The number of fused-ring (bicyclic) bond motifs is 1. The van der Waals surface area contributed by atoms with Crippen LogP contribution in [0.5, 0.6) is 0 Å². The Morgan fingerprint density at radius 2 is 2.11 bits per heavy atom. The lowest BCUT2D eigenvalue weighted by Gasteiger charge is -2.17. The Balaban J connectivity index is 2.11. The number of aliphatic hydroxyl groups is 3. The number of nitrogens with zero attached hydrogens (tertiary/aromatic N) is 3. The molecule has 0 spiro atoms. The Kier molecular flexibility index (Phi) is 2.44. The molecule has 4 N–H and O–H groups in total. The molecule has 0 bridgehead atoms. The minimum absolute atomic E-state index is 0.195. The van der Waals surface area contributed by atoms with E-state index in [-0.39, 0.29) is 11.9 Å². The molecular weight excluding hydrogens is 240 g/mol. The van der Waals surface area contributed by atoms with Gasteiger partial charge in [0.25, 0.3) is 5.56 Å². The van der Waals surface area contributed by atoms with Gasteiger partial charge in [0.1, 0.15) is 12.2 Å². The van der Waals surface area contributed by atoms with Crippen LogP contribution in [0.1, 0.15) is 12.5 Å². The lowest BCUT2D eigenvalue weighted by Crippen LogP contribution is -2.31. The van der Waals surface area contributed by atoms with E-state index in [1.807, 2.05) is 0 Å². The molecule has 0 radical (unpaired) electrons. The zero-order valence-corrected chi connectivity index (χ0v) is 9.26. The summed E-state index contributed by atoms with van der Waals surface area (Å²) in [7, 11) is 0. The van der Waals surface area contributed by atoms with Gasteiger partial charge >= 0.3 is 0 Å². The van der Waals surface area contributed by atoms with Crippen molar-refractivity contribution in [3.8, 4) is 0 Å². The van der Waals surface area contributed by atoms with Gasteiger partial charge < -0.3 is 19.9 Å².